The third-order valence-electron chi connectivity index (χ3n) is 1.74. The molecule has 1 aromatic rings. The summed E-state index contributed by atoms with van der Waals surface area (Å²) in [5.41, 5.74) is 1.96. The van der Waals surface area contributed by atoms with E-state index < -0.39 is 0 Å². The summed E-state index contributed by atoms with van der Waals surface area (Å²) >= 11 is 3.39. The van der Waals surface area contributed by atoms with Crippen LogP contribution < -0.4 is 10.6 Å². The lowest BCUT2D eigenvalue weighted by Crippen LogP contribution is -2.25. The summed E-state index contributed by atoms with van der Waals surface area (Å²) in [6.07, 6.45) is 0. The molecule has 0 aliphatic heterocycles. The number of amides is 1. The van der Waals surface area contributed by atoms with Gasteiger partial charge < -0.3 is 10.6 Å². The molecule has 3 nitrogen and oxygen atoms in total. The van der Waals surface area contributed by atoms with Crippen molar-refractivity contribution < 1.29 is 4.79 Å². The molecule has 14 heavy (non-hydrogen) atoms. The van der Waals surface area contributed by atoms with E-state index in [0.717, 1.165) is 15.7 Å². The Morgan fingerprint density at radius 1 is 1.50 bits per heavy atom. The average Bonchev–Trinajstić information content (AvgIpc) is 2.10. The topological polar surface area (TPSA) is 41.1 Å². The Labute approximate surface area is 92.0 Å². The smallest absolute Gasteiger partial charge is 0.238 e. The fourth-order valence-electron chi connectivity index (χ4n) is 1.08. The van der Waals surface area contributed by atoms with Crippen molar-refractivity contribution in [3.05, 3.63) is 28.2 Å². The van der Waals surface area contributed by atoms with Crippen molar-refractivity contribution in [1.82, 2.24) is 5.32 Å². The quantitative estimate of drug-likeness (QED) is 0.868. The molecule has 1 rings (SSSR count). The third-order valence-corrected chi connectivity index (χ3v) is 2.39. The summed E-state index contributed by atoms with van der Waals surface area (Å²) in [7, 11) is 1.74. The lowest BCUT2D eigenvalue weighted by Gasteiger charge is -2.07. The Bertz CT molecular complexity index is 339. The monoisotopic (exact) mass is 256 g/mol. The fourth-order valence-corrected chi connectivity index (χ4v) is 1.67. The number of rotatable bonds is 3. The molecule has 0 atom stereocenters. The number of likely N-dealkylation sites (N-methyl/N-ethyl adjacent to an activating group) is 1. The number of carbonyl (C=O) groups excluding carboxylic acids is 1. The Morgan fingerprint density at radius 3 is 2.79 bits per heavy atom. The van der Waals surface area contributed by atoms with Gasteiger partial charge in [-0.3, -0.25) is 4.79 Å². The maximum absolute atomic E-state index is 11.3. The largest absolute Gasteiger partial charge is 0.324 e. The molecule has 0 spiro atoms. The number of anilines is 1. The molecular formula is C10H13BrN2O. The van der Waals surface area contributed by atoms with E-state index in [4.69, 9.17) is 0 Å². The molecule has 4 heteroatoms. The molecule has 0 aromatic heterocycles. The molecule has 0 aliphatic carbocycles. The van der Waals surface area contributed by atoms with Crippen LogP contribution in [-0.2, 0) is 4.79 Å². The van der Waals surface area contributed by atoms with E-state index in [9.17, 15) is 4.79 Å². The number of benzene rings is 1. The summed E-state index contributed by atoms with van der Waals surface area (Å²) < 4.78 is 0.905. The Balaban J connectivity index is 2.72. The minimum Gasteiger partial charge on any atom is -0.324 e. The van der Waals surface area contributed by atoms with Gasteiger partial charge in [-0.2, -0.15) is 0 Å². The molecule has 0 bridgehead atoms. The molecular weight excluding hydrogens is 244 g/mol. The predicted octanol–water partition coefficient (Wildman–Crippen LogP) is 1.92. The van der Waals surface area contributed by atoms with Crippen molar-refractivity contribution in [3.63, 3.8) is 0 Å². The first-order chi connectivity index (χ1) is 6.63. The summed E-state index contributed by atoms with van der Waals surface area (Å²) in [6.45, 7) is 2.32. The van der Waals surface area contributed by atoms with E-state index in [2.05, 4.69) is 26.6 Å². The summed E-state index contributed by atoms with van der Waals surface area (Å²) in [4.78, 5) is 11.3. The Morgan fingerprint density at radius 2 is 2.21 bits per heavy atom. The highest BCUT2D eigenvalue weighted by Crippen LogP contribution is 2.22. The van der Waals surface area contributed by atoms with Gasteiger partial charge in [0.15, 0.2) is 0 Å². The molecule has 0 saturated heterocycles. The molecule has 76 valence electrons. The molecule has 0 radical (unpaired) electrons. The number of aryl methyl sites for hydroxylation is 1. The molecule has 0 aliphatic rings. The molecule has 0 unspecified atom stereocenters. The maximum atomic E-state index is 11.3. The molecule has 0 heterocycles. The molecule has 1 aromatic carbocycles. The third kappa shape index (κ3) is 3.12. The van der Waals surface area contributed by atoms with Gasteiger partial charge in [0.2, 0.25) is 5.91 Å². The second kappa shape index (κ2) is 5.12. The van der Waals surface area contributed by atoms with Gasteiger partial charge in [0.05, 0.1) is 12.2 Å². The van der Waals surface area contributed by atoms with Crippen molar-refractivity contribution in [2.24, 2.45) is 0 Å². The molecule has 1 amide bonds. The lowest BCUT2D eigenvalue weighted by atomic mass is 10.2. The highest BCUT2D eigenvalue weighted by atomic mass is 79.9. The van der Waals surface area contributed by atoms with E-state index in [1.807, 2.05) is 25.1 Å². The van der Waals surface area contributed by atoms with Crippen LogP contribution in [0.4, 0.5) is 5.69 Å². The fraction of sp³-hybridized carbons (Fsp3) is 0.300. The first kappa shape index (κ1) is 11.2. The minimum atomic E-state index is -0.0444. The number of halogens is 1. The first-order valence-electron chi connectivity index (χ1n) is 4.34. The van der Waals surface area contributed by atoms with Crippen molar-refractivity contribution in [3.8, 4) is 0 Å². The van der Waals surface area contributed by atoms with E-state index in [-0.39, 0.29) is 5.91 Å². The van der Waals surface area contributed by atoms with Gasteiger partial charge in [-0.1, -0.05) is 6.07 Å². The van der Waals surface area contributed by atoms with E-state index in [0.29, 0.717) is 6.54 Å². The molecule has 0 saturated carbocycles. The van der Waals surface area contributed by atoms with Crippen LogP contribution in [-0.4, -0.2) is 19.5 Å². The minimum absolute atomic E-state index is 0.0444. The van der Waals surface area contributed by atoms with Gasteiger partial charge in [0.1, 0.15) is 0 Å². The van der Waals surface area contributed by atoms with Crippen LogP contribution in [0.2, 0.25) is 0 Å². The number of hydrogen-bond acceptors (Lipinski definition) is 2. The maximum Gasteiger partial charge on any atom is 0.238 e. The van der Waals surface area contributed by atoms with Crippen molar-refractivity contribution in [1.29, 1.82) is 0 Å². The lowest BCUT2D eigenvalue weighted by molar-refractivity contribution is -0.115. The van der Waals surface area contributed by atoms with Crippen molar-refractivity contribution >= 4 is 27.5 Å². The van der Waals surface area contributed by atoms with E-state index >= 15 is 0 Å². The van der Waals surface area contributed by atoms with Crippen molar-refractivity contribution in [2.45, 2.75) is 6.92 Å². The van der Waals surface area contributed by atoms with Crippen LogP contribution in [0.1, 0.15) is 5.56 Å². The van der Waals surface area contributed by atoms with Gasteiger partial charge >= 0.3 is 0 Å². The molecule has 2 N–H and O–H groups in total. The number of nitrogens with one attached hydrogen (secondary N) is 2. The van der Waals surface area contributed by atoms with Crippen LogP contribution in [0.3, 0.4) is 0 Å². The standard InChI is InChI=1S/C10H13BrN2O/c1-7-3-4-9(8(11)5-7)13-10(14)6-12-2/h3-5,12H,6H2,1-2H3,(H,13,14). The molecule has 0 fully saturated rings. The van der Waals surface area contributed by atoms with Gasteiger partial charge in [-0.05, 0) is 47.6 Å². The van der Waals surface area contributed by atoms with Gasteiger partial charge in [0, 0.05) is 4.47 Å². The van der Waals surface area contributed by atoms with E-state index in [1.54, 1.807) is 7.05 Å². The first-order valence-corrected chi connectivity index (χ1v) is 5.13. The van der Waals surface area contributed by atoms with Crippen LogP contribution >= 0.6 is 15.9 Å². The number of hydrogen-bond donors (Lipinski definition) is 2. The number of carbonyl (C=O) groups is 1. The van der Waals surface area contributed by atoms with Gasteiger partial charge in [-0.15, -0.1) is 0 Å². The van der Waals surface area contributed by atoms with Crippen LogP contribution in [0, 0.1) is 6.92 Å². The van der Waals surface area contributed by atoms with Crippen molar-refractivity contribution in [2.75, 3.05) is 18.9 Å². The summed E-state index contributed by atoms with van der Waals surface area (Å²) in [6, 6.07) is 5.81. The van der Waals surface area contributed by atoms with Gasteiger partial charge in [-0.25, -0.2) is 0 Å². The Kier molecular flexibility index (Phi) is 4.10. The Hall–Kier alpha value is -0.870. The van der Waals surface area contributed by atoms with Crippen LogP contribution in [0.25, 0.3) is 0 Å². The van der Waals surface area contributed by atoms with Crippen LogP contribution in [0.15, 0.2) is 22.7 Å². The van der Waals surface area contributed by atoms with Crippen LogP contribution in [0.5, 0.6) is 0 Å². The highest BCUT2D eigenvalue weighted by Gasteiger charge is 2.03. The normalized spacial score (nSPS) is 9.93. The van der Waals surface area contributed by atoms with E-state index in [1.165, 1.54) is 0 Å². The second-order valence-electron chi connectivity index (χ2n) is 3.06. The predicted molar refractivity (Wildman–Crippen MR) is 61.4 cm³/mol. The SMILES string of the molecule is CNCC(=O)Nc1ccc(C)cc1Br. The zero-order valence-corrected chi connectivity index (χ0v) is 9.81. The zero-order chi connectivity index (χ0) is 10.6. The highest BCUT2D eigenvalue weighted by molar-refractivity contribution is 9.10. The average molecular weight is 257 g/mol. The summed E-state index contributed by atoms with van der Waals surface area (Å²) in [5, 5.41) is 5.58. The van der Waals surface area contributed by atoms with Gasteiger partial charge in [0.25, 0.3) is 0 Å². The second-order valence-corrected chi connectivity index (χ2v) is 3.92. The zero-order valence-electron chi connectivity index (χ0n) is 8.23. The summed E-state index contributed by atoms with van der Waals surface area (Å²) in [5.74, 6) is -0.0444.